The number of halogens is 1. The largest absolute Gasteiger partial charge is 0.507 e. The van der Waals surface area contributed by atoms with E-state index in [2.05, 4.69) is 35.8 Å². The molecule has 4 nitrogen and oxygen atoms in total. The van der Waals surface area contributed by atoms with Crippen LogP contribution in [0.25, 0.3) is 0 Å². The standard InChI is InChI=1S/C18H23BrN2O2/c1-3-17-8-20-10-18(4-2,16(17)23)11-21(9-17)15(20)13-7-12(19)5-6-14(13)22/h5-7,15,22H,3-4,8-11H2,1-2H3/p+2. The minimum absolute atomic E-state index is 0.144. The van der Waals surface area contributed by atoms with Crippen LogP contribution in [0.5, 0.6) is 5.75 Å². The first-order chi connectivity index (χ1) is 10.9. The van der Waals surface area contributed by atoms with Crippen molar-refractivity contribution in [2.45, 2.75) is 32.9 Å². The summed E-state index contributed by atoms with van der Waals surface area (Å²) in [6, 6.07) is 5.72. The van der Waals surface area contributed by atoms with Crippen LogP contribution in [0.1, 0.15) is 38.4 Å². The molecule has 23 heavy (non-hydrogen) atoms. The number of ketones is 1. The summed E-state index contributed by atoms with van der Waals surface area (Å²) in [6.07, 6.45) is 2.13. The number of piperidine rings is 2. The van der Waals surface area contributed by atoms with Gasteiger partial charge < -0.3 is 5.11 Å². The highest BCUT2D eigenvalue weighted by Gasteiger charge is 2.70. The average molecular weight is 381 g/mol. The van der Waals surface area contributed by atoms with E-state index in [1.165, 1.54) is 9.80 Å². The van der Waals surface area contributed by atoms with E-state index in [1.807, 2.05) is 6.07 Å². The van der Waals surface area contributed by atoms with Gasteiger partial charge >= 0.3 is 0 Å². The molecule has 4 aliphatic rings. The maximum atomic E-state index is 13.2. The quantitative estimate of drug-likeness (QED) is 0.707. The van der Waals surface area contributed by atoms with Crippen molar-refractivity contribution in [2.75, 3.05) is 26.2 Å². The van der Waals surface area contributed by atoms with Gasteiger partial charge in [-0.25, -0.2) is 0 Å². The van der Waals surface area contributed by atoms with E-state index in [9.17, 15) is 9.90 Å². The highest BCUT2D eigenvalue weighted by molar-refractivity contribution is 9.10. The number of carbonyl (C=O) groups excluding carboxylic acids is 1. The number of phenols is 1. The molecule has 4 fully saturated rings. The van der Waals surface area contributed by atoms with Crippen LogP contribution in [0, 0.1) is 10.8 Å². The van der Waals surface area contributed by atoms with Crippen molar-refractivity contribution in [3.05, 3.63) is 28.2 Å². The Hall–Kier alpha value is -0.910. The summed E-state index contributed by atoms with van der Waals surface area (Å²) in [5.74, 6) is 0.910. The molecular weight excluding hydrogens is 356 g/mol. The molecule has 4 bridgehead atoms. The second-order valence-electron chi connectivity index (χ2n) is 7.76. The zero-order valence-corrected chi connectivity index (χ0v) is 15.4. The van der Waals surface area contributed by atoms with Gasteiger partial charge in [0.15, 0.2) is 5.78 Å². The van der Waals surface area contributed by atoms with Crippen LogP contribution in [-0.2, 0) is 4.79 Å². The lowest BCUT2D eigenvalue weighted by Crippen LogP contribution is -3.41. The molecule has 5 heteroatoms. The fourth-order valence-corrected chi connectivity index (χ4v) is 5.97. The van der Waals surface area contributed by atoms with Crippen molar-refractivity contribution < 1.29 is 19.7 Å². The number of aromatic hydroxyl groups is 1. The van der Waals surface area contributed by atoms with Gasteiger partial charge in [-0.2, -0.15) is 0 Å². The normalized spacial score (nSPS) is 41.5. The Morgan fingerprint density at radius 2 is 1.65 bits per heavy atom. The van der Waals surface area contributed by atoms with Crippen molar-refractivity contribution >= 4 is 21.7 Å². The number of hydrogen-bond donors (Lipinski definition) is 3. The number of nitrogens with one attached hydrogen (secondary N) is 2. The smallest absolute Gasteiger partial charge is 0.244 e. The Labute approximate surface area is 145 Å². The summed E-state index contributed by atoms with van der Waals surface area (Å²) in [6.45, 7) is 8.02. The molecule has 0 atom stereocenters. The molecule has 1 aromatic carbocycles. The SMILES string of the molecule is CCC12C[NH+]3CC(CC)(C[NH+](C1)C3c1cc(Br)ccc1O)C2=O. The van der Waals surface area contributed by atoms with Crippen LogP contribution in [0.15, 0.2) is 22.7 Å². The Bertz CT molecular complexity index is 633. The van der Waals surface area contributed by atoms with E-state index in [-0.39, 0.29) is 17.0 Å². The molecule has 0 saturated carbocycles. The maximum absolute atomic E-state index is 13.2. The number of hydrogen-bond acceptors (Lipinski definition) is 2. The Balaban J connectivity index is 1.79. The first kappa shape index (κ1) is 15.6. The lowest BCUT2D eigenvalue weighted by molar-refractivity contribution is -1.18. The highest BCUT2D eigenvalue weighted by Crippen LogP contribution is 2.41. The maximum Gasteiger partial charge on any atom is 0.244 e. The first-order valence-electron chi connectivity index (χ1n) is 8.67. The van der Waals surface area contributed by atoms with Crippen molar-refractivity contribution in [3.8, 4) is 5.75 Å². The Morgan fingerprint density at radius 1 is 1.13 bits per heavy atom. The predicted molar refractivity (Wildman–Crippen MR) is 90.4 cm³/mol. The average Bonchev–Trinajstić information content (AvgIpc) is 2.54. The topological polar surface area (TPSA) is 46.2 Å². The van der Waals surface area contributed by atoms with E-state index in [4.69, 9.17) is 0 Å². The Kier molecular flexibility index (Phi) is 3.42. The molecule has 0 aromatic heterocycles. The molecule has 4 aliphatic heterocycles. The van der Waals surface area contributed by atoms with Gasteiger partial charge in [0.25, 0.3) is 0 Å². The predicted octanol–water partition coefficient (Wildman–Crippen LogP) is 0.326. The van der Waals surface area contributed by atoms with Crippen molar-refractivity contribution in [3.63, 3.8) is 0 Å². The lowest BCUT2D eigenvalue weighted by Gasteiger charge is -2.60. The number of rotatable bonds is 3. The lowest BCUT2D eigenvalue weighted by atomic mass is 9.58. The number of Topliss-reactive ketones (excluding diaryl/α,β-unsaturated/α-hetero) is 1. The number of phenolic OH excluding ortho intramolecular Hbond substituents is 1. The van der Waals surface area contributed by atoms with Gasteiger partial charge in [0.1, 0.15) is 48.3 Å². The molecule has 4 heterocycles. The summed E-state index contributed by atoms with van der Waals surface area (Å²) in [5, 5.41) is 10.4. The summed E-state index contributed by atoms with van der Waals surface area (Å²) < 4.78 is 1.01. The Morgan fingerprint density at radius 3 is 2.13 bits per heavy atom. The molecule has 5 rings (SSSR count). The van der Waals surface area contributed by atoms with Gasteiger partial charge in [0.2, 0.25) is 6.17 Å². The summed E-state index contributed by atoms with van der Waals surface area (Å²) in [5.41, 5.74) is 0.734. The van der Waals surface area contributed by atoms with E-state index in [1.54, 1.807) is 6.07 Å². The van der Waals surface area contributed by atoms with Crippen LogP contribution < -0.4 is 9.80 Å². The molecule has 4 saturated heterocycles. The van der Waals surface area contributed by atoms with Crippen LogP contribution in [0.3, 0.4) is 0 Å². The van der Waals surface area contributed by atoms with Crippen LogP contribution in [0.4, 0.5) is 0 Å². The van der Waals surface area contributed by atoms with Crippen molar-refractivity contribution in [1.29, 1.82) is 0 Å². The minimum atomic E-state index is -0.144. The monoisotopic (exact) mass is 380 g/mol. The zero-order valence-electron chi connectivity index (χ0n) is 13.8. The third-order valence-electron chi connectivity index (χ3n) is 6.70. The van der Waals surface area contributed by atoms with E-state index >= 15 is 0 Å². The molecule has 1 aromatic rings. The van der Waals surface area contributed by atoms with Gasteiger partial charge in [0, 0.05) is 4.47 Å². The van der Waals surface area contributed by atoms with Crippen molar-refractivity contribution in [2.24, 2.45) is 10.8 Å². The summed E-state index contributed by atoms with van der Waals surface area (Å²) >= 11 is 3.54. The number of carbonyl (C=O) groups is 1. The van der Waals surface area contributed by atoms with Gasteiger partial charge in [-0.05, 0) is 31.0 Å². The molecular formula is C18H25BrN2O2+2. The number of benzene rings is 1. The molecule has 0 unspecified atom stereocenters. The zero-order chi connectivity index (χ0) is 16.4. The third kappa shape index (κ3) is 1.99. The number of quaternary nitrogens is 2. The molecule has 0 radical (unpaired) electrons. The fraction of sp³-hybridized carbons (Fsp3) is 0.611. The van der Waals surface area contributed by atoms with Crippen LogP contribution in [-0.4, -0.2) is 37.1 Å². The van der Waals surface area contributed by atoms with Gasteiger partial charge in [0.05, 0.1) is 0 Å². The molecule has 0 spiro atoms. The summed E-state index contributed by atoms with van der Waals surface area (Å²) in [4.78, 5) is 16.1. The molecule has 3 N–H and O–H groups in total. The first-order valence-corrected chi connectivity index (χ1v) is 9.46. The van der Waals surface area contributed by atoms with Gasteiger partial charge in [-0.15, -0.1) is 0 Å². The fourth-order valence-electron chi connectivity index (χ4n) is 5.59. The van der Waals surface area contributed by atoms with Gasteiger partial charge in [-0.3, -0.25) is 14.6 Å². The van der Waals surface area contributed by atoms with E-state index in [0.29, 0.717) is 11.5 Å². The summed E-state index contributed by atoms with van der Waals surface area (Å²) in [7, 11) is 0. The second-order valence-corrected chi connectivity index (χ2v) is 8.67. The molecule has 0 amide bonds. The van der Waals surface area contributed by atoms with Gasteiger partial charge in [-0.1, -0.05) is 29.8 Å². The van der Waals surface area contributed by atoms with Crippen molar-refractivity contribution in [1.82, 2.24) is 0 Å². The third-order valence-corrected chi connectivity index (χ3v) is 7.19. The molecule has 0 aliphatic carbocycles. The van der Waals surface area contributed by atoms with E-state index in [0.717, 1.165) is 49.1 Å². The highest BCUT2D eigenvalue weighted by atomic mass is 79.9. The van der Waals surface area contributed by atoms with Crippen LogP contribution >= 0.6 is 15.9 Å². The second kappa shape index (κ2) is 5.04. The minimum Gasteiger partial charge on any atom is -0.507 e. The van der Waals surface area contributed by atoms with E-state index < -0.39 is 0 Å². The molecule has 124 valence electrons. The van der Waals surface area contributed by atoms with Crippen LogP contribution in [0.2, 0.25) is 0 Å².